The van der Waals surface area contributed by atoms with E-state index in [0.29, 0.717) is 6.42 Å². The molecule has 4 nitrogen and oxygen atoms in total. The smallest absolute Gasteiger partial charge is 0.454 e. The molecule has 0 N–H and O–H groups in total. The molecule has 0 aliphatic carbocycles. The lowest BCUT2D eigenvalue weighted by Gasteiger charge is -2.36. The van der Waals surface area contributed by atoms with Crippen molar-refractivity contribution < 1.29 is 70.9 Å². The van der Waals surface area contributed by atoms with Gasteiger partial charge in [-0.15, -0.1) is 0 Å². The number of hydrogen-bond acceptors (Lipinski definition) is 4. The summed E-state index contributed by atoms with van der Waals surface area (Å²) in [4.78, 5) is 8.26. The molecule has 256 valence electrons. The summed E-state index contributed by atoms with van der Waals surface area (Å²) in [6.45, 7) is 2.14. The Morgan fingerprint density at radius 1 is 0.644 bits per heavy atom. The van der Waals surface area contributed by atoms with Crippen LogP contribution in [0.25, 0.3) is 11.4 Å². The highest BCUT2D eigenvalue weighted by atomic mass is 19.4. The van der Waals surface area contributed by atoms with Crippen LogP contribution in [0.15, 0.2) is 36.7 Å². The van der Waals surface area contributed by atoms with Crippen molar-refractivity contribution in [3.8, 4) is 17.1 Å². The molecule has 0 aliphatic heterocycles. The van der Waals surface area contributed by atoms with Gasteiger partial charge in [-0.2, -0.15) is 61.5 Å². The van der Waals surface area contributed by atoms with Gasteiger partial charge < -0.3 is 4.74 Å². The first-order valence-corrected chi connectivity index (χ1v) is 13.5. The lowest BCUT2D eigenvalue weighted by Crippen LogP contribution is -2.65. The number of aromatic nitrogens is 2. The van der Waals surface area contributed by atoms with E-state index in [9.17, 15) is 61.5 Å². The summed E-state index contributed by atoms with van der Waals surface area (Å²) in [5.74, 6) is -23.0. The maximum atomic E-state index is 14.0. The summed E-state index contributed by atoms with van der Waals surface area (Å²) in [6.07, 6.45) is -14.1. The van der Waals surface area contributed by atoms with Crippen molar-refractivity contribution in [2.45, 2.75) is 107 Å². The standard InChI is InChI=1S/C27H28F14N2O2/c1-2-3-4-5-6-7-8-9-10-17-15-42-20(43-16-17)18-11-13-19(14-12-18)44-21(28)22(29,30)26(38,39)45-27(40,41)24(33,34)23(31,32)25(35,36)37/h11-16,21H,2-10H2,1H3. The first kappa shape index (κ1) is 38.3. The number of hydrogen-bond donors (Lipinski definition) is 0. The molecule has 0 saturated heterocycles. The van der Waals surface area contributed by atoms with Crippen LogP contribution in [0.4, 0.5) is 61.5 Å². The SMILES string of the molecule is CCCCCCCCCCc1cnc(-c2ccc(OC(F)C(F)(F)C(F)(F)OC(F)(F)C(F)(F)C(F)(F)C(F)(F)F)cc2)nc1. The van der Waals surface area contributed by atoms with Crippen LogP contribution in [-0.4, -0.2) is 52.5 Å². The molecule has 0 aliphatic rings. The molecule has 0 amide bonds. The Morgan fingerprint density at radius 2 is 1.13 bits per heavy atom. The molecule has 2 aromatic rings. The van der Waals surface area contributed by atoms with E-state index in [0.717, 1.165) is 61.9 Å². The van der Waals surface area contributed by atoms with E-state index >= 15 is 0 Å². The minimum Gasteiger partial charge on any atom is -0.454 e. The van der Waals surface area contributed by atoms with E-state index in [1.807, 2.05) is 0 Å². The summed E-state index contributed by atoms with van der Waals surface area (Å²) in [6, 6.07) is 3.55. The van der Waals surface area contributed by atoms with Crippen LogP contribution < -0.4 is 4.74 Å². The fourth-order valence-electron chi connectivity index (χ4n) is 3.76. The second kappa shape index (κ2) is 14.7. The number of rotatable bonds is 18. The molecule has 0 radical (unpaired) electrons. The monoisotopic (exact) mass is 678 g/mol. The predicted molar refractivity (Wildman–Crippen MR) is 131 cm³/mol. The van der Waals surface area contributed by atoms with Gasteiger partial charge in [0.1, 0.15) is 5.75 Å². The van der Waals surface area contributed by atoms with E-state index in [2.05, 4.69) is 21.6 Å². The molecule has 2 rings (SSSR count). The molecule has 0 bridgehead atoms. The summed E-state index contributed by atoms with van der Waals surface area (Å²) in [5, 5.41) is 0. The lowest BCUT2D eigenvalue weighted by molar-refractivity contribution is -0.508. The Labute approximate surface area is 248 Å². The number of halogens is 14. The fourth-order valence-corrected chi connectivity index (χ4v) is 3.76. The van der Waals surface area contributed by atoms with Gasteiger partial charge in [0.05, 0.1) is 0 Å². The van der Waals surface area contributed by atoms with Crippen molar-refractivity contribution >= 4 is 0 Å². The first-order valence-electron chi connectivity index (χ1n) is 13.5. The van der Waals surface area contributed by atoms with Crippen LogP contribution in [0.2, 0.25) is 0 Å². The number of nitrogens with zero attached hydrogens (tertiary/aromatic N) is 2. The summed E-state index contributed by atoms with van der Waals surface area (Å²) in [7, 11) is 0. The average Bonchev–Trinajstić information content (AvgIpc) is 2.93. The molecule has 0 spiro atoms. The number of alkyl halides is 14. The van der Waals surface area contributed by atoms with Gasteiger partial charge in [0, 0.05) is 18.0 Å². The van der Waals surface area contributed by atoms with Crippen molar-refractivity contribution in [1.29, 1.82) is 0 Å². The molecular formula is C27H28F14N2O2. The van der Waals surface area contributed by atoms with Crippen LogP contribution in [0.3, 0.4) is 0 Å². The molecule has 1 heterocycles. The number of unbranched alkanes of at least 4 members (excludes halogenated alkanes) is 7. The van der Waals surface area contributed by atoms with Crippen LogP contribution in [-0.2, 0) is 11.2 Å². The van der Waals surface area contributed by atoms with Crippen molar-refractivity contribution in [2.75, 3.05) is 0 Å². The van der Waals surface area contributed by atoms with Gasteiger partial charge in [0.15, 0.2) is 5.82 Å². The highest BCUT2D eigenvalue weighted by Gasteiger charge is 2.85. The molecule has 45 heavy (non-hydrogen) atoms. The Morgan fingerprint density at radius 3 is 1.62 bits per heavy atom. The third-order valence-electron chi connectivity index (χ3n) is 6.42. The zero-order chi connectivity index (χ0) is 34.3. The van der Waals surface area contributed by atoms with E-state index in [1.165, 1.54) is 31.7 Å². The van der Waals surface area contributed by atoms with Crippen molar-refractivity contribution in [3.63, 3.8) is 0 Å². The van der Waals surface area contributed by atoms with Crippen molar-refractivity contribution in [2.24, 2.45) is 0 Å². The summed E-state index contributed by atoms with van der Waals surface area (Å²) >= 11 is 0. The molecule has 18 heteroatoms. The second-order valence-electron chi connectivity index (χ2n) is 10.0. The fraction of sp³-hybridized carbons (Fsp3) is 0.630. The summed E-state index contributed by atoms with van der Waals surface area (Å²) < 4.78 is 190. The van der Waals surface area contributed by atoms with Crippen molar-refractivity contribution in [3.05, 3.63) is 42.2 Å². The quantitative estimate of drug-likeness (QED) is 0.116. The number of ether oxygens (including phenoxy) is 2. The van der Waals surface area contributed by atoms with Gasteiger partial charge in [-0.1, -0.05) is 51.9 Å². The average molecular weight is 679 g/mol. The minimum atomic E-state index is -7.83. The van der Waals surface area contributed by atoms with Crippen LogP contribution >= 0.6 is 0 Å². The van der Waals surface area contributed by atoms with E-state index < -0.39 is 48.3 Å². The third-order valence-corrected chi connectivity index (χ3v) is 6.42. The topological polar surface area (TPSA) is 44.2 Å². The van der Waals surface area contributed by atoms with Gasteiger partial charge in [-0.3, -0.25) is 0 Å². The maximum absolute atomic E-state index is 14.0. The van der Waals surface area contributed by atoms with Gasteiger partial charge >= 0.3 is 42.5 Å². The molecular weight excluding hydrogens is 650 g/mol. The molecule has 1 aromatic carbocycles. The van der Waals surface area contributed by atoms with E-state index in [1.54, 1.807) is 4.74 Å². The Balaban J connectivity index is 2.01. The van der Waals surface area contributed by atoms with Gasteiger partial charge in [-0.05, 0) is 42.7 Å². The van der Waals surface area contributed by atoms with Crippen LogP contribution in [0, 0.1) is 0 Å². The lowest BCUT2D eigenvalue weighted by atomic mass is 10.1. The van der Waals surface area contributed by atoms with E-state index in [4.69, 9.17) is 0 Å². The first-order chi connectivity index (χ1) is 20.6. The molecule has 0 fully saturated rings. The summed E-state index contributed by atoms with van der Waals surface area (Å²) in [5.41, 5.74) is 1.02. The number of aryl methyl sites for hydroxylation is 1. The normalized spacial score (nSPS) is 14.5. The minimum absolute atomic E-state index is 0.0992. The van der Waals surface area contributed by atoms with Gasteiger partial charge in [0.25, 0.3) is 0 Å². The Hall–Kier alpha value is -2.92. The van der Waals surface area contributed by atoms with Crippen molar-refractivity contribution in [1.82, 2.24) is 9.97 Å². The van der Waals surface area contributed by atoms with Crippen LogP contribution in [0.1, 0.15) is 63.9 Å². The largest absolute Gasteiger partial charge is 0.460 e. The Kier molecular flexibility index (Phi) is 12.5. The third kappa shape index (κ3) is 9.09. The predicted octanol–water partition coefficient (Wildman–Crippen LogP) is 10.2. The molecule has 0 saturated carbocycles. The molecule has 1 aromatic heterocycles. The Bertz CT molecular complexity index is 1190. The zero-order valence-corrected chi connectivity index (χ0v) is 23.4. The van der Waals surface area contributed by atoms with E-state index in [-0.39, 0.29) is 11.4 Å². The maximum Gasteiger partial charge on any atom is 0.460 e. The number of benzene rings is 1. The van der Waals surface area contributed by atoms with Gasteiger partial charge in [-0.25, -0.2) is 14.7 Å². The second-order valence-corrected chi connectivity index (χ2v) is 10.0. The molecule has 1 unspecified atom stereocenters. The highest BCUT2D eigenvalue weighted by Crippen LogP contribution is 2.56. The zero-order valence-electron chi connectivity index (χ0n) is 23.4. The van der Waals surface area contributed by atoms with Gasteiger partial charge in [0.2, 0.25) is 0 Å². The molecule has 1 atom stereocenters. The van der Waals surface area contributed by atoms with Crippen LogP contribution in [0.5, 0.6) is 5.75 Å². The highest BCUT2D eigenvalue weighted by molar-refractivity contribution is 5.55.